The molecule has 0 amide bonds. The zero-order chi connectivity index (χ0) is 12.4. The summed E-state index contributed by atoms with van der Waals surface area (Å²) in [5.41, 5.74) is 10.3. The second kappa shape index (κ2) is 4.31. The van der Waals surface area contributed by atoms with Crippen LogP contribution in [0.5, 0.6) is 0 Å². The van der Waals surface area contributed by atoms with E-state index in [1.165, 1.54) is 0 Å². The Morgan fingerprint density at radius 2 is 2.12 bits per heavy atom. The van der Waals surface area contributed by atoms with Crippen LogP contribution in [0.25, 0.3) is 21.3 Å². The number of rotatable bonds is 2. The summed E-state index contributed by atoms with van der Waals surface area (Å²) in [6, 6.07) is 7.42. The topological polar surface area (TPSA) is 70.8 Å². The molecule has 0 aliphatic rings. The van der Waals surface area contributed by atoms with E-state index >= 15 is 0 Å². The molecule has 5 heteroatoms. The van der Waals surface area contributed by atoms with Gasteiger partial charge in [-0.15, -0.1) is 0 Å². The second-order valence-electron chi connectivity index (χ2n) is 3.75. The average Bonchev–Trinajstić information content (AvgIpc) is 2.36. The van der Waals surface area contributed by atoms with Gasteiger partial charge in [0.15, 0.2) is 0 Å². The standard InChI is InChI=1S/C12H12N4O/c1-3-8-11(14-15-13)9-6-4-5-7-10(9)16(2)12(8)17/h4-7H,3H2,1-2H3. The molecule has 1 heterocycles. The lowest BCUT2D eigenvalue weighted by Crippen LogP contribution is -2.21. The Balaban J connectivity index is 3.07. The fourth-order valence-electron chi connectivity index (χ4n) is 2.02. The van der Waals surface area contributed by atoms with Crippen LogP contribution >= 0.6 is 0 Å². The molecule has 0 atom stereocenters. The first-order valence-corrected chi connectivity index (χ1v) is 5.36. The van der Waals surface area contributed by atoms with Gasteiger partial charge in [0.2, 0.25) is 0 Å². The molecule has 1 aromatic carbocycles. The minimum Gasteiger partial charge on any atom is -0.311 e. The Morgan fingerprint density at radius 1 is 1.41 bits per heavy atom. The Morgan fingerprint density at radius 3 is 2.76 bits per heavy atom. The molecule has 0 saturated carbocycles. The average molecular weight is 228 g/mol. The monoisotopic (exact) mass is 228 g/mol. The van der Waals surface area contributed by atoms with Crippen LogP contribution in [-0.4, -0.2) is 4.57 Å². The molecule has 2 aromatic rings. The van der Waals surface area contributed by atoms with E-state index < -0.39 is 0 Å². The van der Waals surface area contributed by atoms with Gasteiger partial charge in [-0.3, -0.25) is 4.79 Å². The van der Waals surface area contributed by atoms with Crippen LogP contribution in [0.4, 0.5) is 5.69 Å². The van der Waals surface area contributed by atoms with Crippen LogP contribution in [0, 0.1) is 0 Å². The predicted octanol–water partition coefficient (Wildman–Crippen LogP) is 3.04. The lowest BCUT2D eigenvalue weighted by atomic mass is 10.1. The van der Waals surface area contributed by atoms with Crippen molar-refractivity contribution >= 4 is 16.6 Å². The Hall–Kier alpha value is -2.26. The van der Waals surface area contributed by atoms with Gasteiger partial charge >= 0.3 is 0 Å². The fourth-order valence-corrected chi connectivity index (χ4v) is 2.02. The zero-order valence-electron chi connectivity index (χ0n) is 9.71. The molecule has 0 aliphatic carbocycles. The van der Waals surface area contributed by atoms with E-state index in [0.717, 1.165) is 10.9 Å². The van der Waals surface area contributed by atoms with Crippen molar-refractivity contribution < 1.29 is 0 Å². The van der Waals surface area contributed by atoms with Crippen LogP contribution in [0.15, 0.2) is 34.2 Å². The lowest BCUT2D eigenvalue weighted by molar-refractivity contribution is 0.876. The number of nitrogens with zero attached hydrogens (tertiary/aromatic N) is 4. The molecule has 0 radical (unpaired) electrons. The van der Waals surface area contributed by atoms with Crippen molar-refractivity contribution in [2.45, 2.75) is 13.3 Å². The van der Waals surface area contributed by atoms with Gasteiger partial charge < -0.3 is 4.57 Å². The summed E-state index contributed by atoms with van der Waals surface area (Å²) in [6.07, 6.45) is 0.547. The maximum Gasteiger partial charge on any atom is 0.254 e. The Bertz CT molecular complexity index is 681. The van der Waals surface area contributed by atoms with E-state index in [1.54, 1.807) is 11.6 Å². The molecule has 0 unspecified atom stereocenters. The van der Waals surface area contributed by atoms with E-state index in [4.69, 9.17) is 5.53 Å². The molecule has 0 fully saturated rings. The van der Waals surface area contributed by atoms with Gasteiger partial charge in [-0.25, -0.2) is 0 Å². The van der Waals surface area contributed by atoms with Crippen molar-refractivity contribution in [2.24, 2.45) is 12.2 Å². The zero-order valence-corrected chi connectivity index (χ0v) is 9.71. The number of azide groups is 1. The first kappa shape index (κ1) is 11.2. The van der Waals surface area contributed by atoms with Gasteiger partial charge in [-0.05, 0) is 18.0 Å². The summed E-state index contributed by atoms with van der Waals surface area (Å²) in [6.45, 7) is 1.88. The first-order chi connectivity index (χ1) is 8.20. The van der Waals surface area contributed by atoms with E-state index in [0.29, 0.717) is 17.7 Å². The van der Waals surface area contributed by atoms with Crippen molar-refractivity contribution in [3.05, 3.63) is 50.6 Å². The molecular weight excluding hydrogens is 216 g/mol. The number of fused-ring (bicyclic) bond motifs is 1. The second-order valence-corrected chi connectivity index (χ2v) is 3.75. The van der Waals surface area contributed by atoms with Crippen molar-refractivity contribution in [3.63, 3.8) is 0 Å². The largest absolute Gasteiger partial charge is 0.311 e. The summed E-state index contributed by atoms with van der Waals surface area (Å²) < 4.78 is 1.59. The van der Waals surface area contributed by atoms with Crippen LogP contribution < -0.4 is 5.56 Å². The van der Waals surface area contributed by atoms with E-state index in [-0.39, 0.29) is 5.56 Å². The summed E-state index contributed by atoms with van der Waals surface area (Å²) in [4.78, 5) is 14.9. The number of hydrogen-bond acceptors (Lipinski definition) is 2. The third kappa shape index (κ3) is 1.66. The molecular formula is C12H12N4O. The van der Waals surface area contributed by atoms with Crippen molar-refractivity contribution in [1.29, 1.82) is 0 Å². The molecule has 2 rings (SSSR count). The summed E-state index contributed by atoms with van der Waals surface area (Å²) >= 11 is 0. The highest BCUT2D eigenvalue weighted by Gasteiger charge is 2.11. The quantitative estimate of drug-likeness (QED) is 0.442. The van der Waals surface area contributed by atoms with Gasteiger partial charge in [0.25, 0.3) is 5.56 Å². The third-order valence-electron chi connectivity index (χ3n) is 2.87. The maximum atomic E-state index is 12.1. The van der Waals surface area contributed by atoms with Gasteiger partial charge in [0.05, 0.1) is 11.2 Å². The lowest BCUT2D eigenvalue weighted by Gasteiger charge is -2.11. The highest BCUT2D eigenvalue weighted by molar-refractivity contribution is 5.91. The smallest absolute Gasteiger partial charge is 0.254 e. The Labute approximate surface area is 97.9 Å². The first-order valence-electron chi connectivity index (χ1n) is 5.36. The molecule has 0 bridgehead atoms. The normalized spacial score (nSPS) is 10.2. The van der Waals surface area contributed by atoms with Gasteiger partial charge in [-0.2, -0.15) is 0 Å². The van der Waals surface area contributed by atoms with Gasteiger partial charge in [-0.1, -0.05) is 30.2 Å². The number of aromatic nitrogens is 1. The molecule has 0 spiro atoms. The minimum absolute atomic E-state index is 0.103. The number of pyridine rings is 1. The summed E-state index contributed by atoms with van der Waals surface area (Å²) in [7, 11) is 1.73. The molecule has 0 N–H and O–H groups in total. The molecule has 0 aliphatic heterocycles. The SMILES string of the molecule is CCc1c(N=[N+]=[N-])c2ccccc2n(C)c1=O. The predicted molar refractivity (Wildman–Crippen MR) is 67.4 cm³/mol. The number of hydrogen-bond donors (Lipinski definition) is 0. The van der Waals surface area contributed by atoms with E-state index in [9.17, 15) is 4.79 Å². The number of aryl methyl sites for hydroxylation is 1. The van der Waals surface area contributed by atoms with Gasteiger partial charge in [0, 0.05) is 22.9 Å². The highest BCUT2D eigenvalue weighted by atomic mass is 16.1. The number of para-hydroxylation sites is 1. The molecule has 86 valence electrons. The van der Waals surface area contributed by atoms with Crippen molar-refractivity contribution in [3.8, 4) is 0 Å². The third-order valence-corrected chi connectivity index (χ3v) is 2.87. The maximum absolute atomic E-state index is 12.1. The Kier molecular flexibility index (Phi) is 2.85. The van der Waals surface area contributed by atoms with Crippen molar-refractivity contribution in [2.75, 3.05) is 0 Å². The van der Waals surface area contributed by atoms with E-state index in [2.05, 4.69) is 10.0 Å². The highest BCUT2D eigenvalue weighted by Crippen LogP contribution is 2.27. The van der Waals surface area contributed by atoms with Crippen LogP contribution in [0.3, 0.4) is 0 Å². The van der Waals surface area contributed by atoms with Gasteiger partial charge in [0.1, 0.15) is 0 Å². The van der Waals surface area contributed by atoms with Crippen LogP contribution in [0.1, 0.15) is 12.5 Å². The van der Waals surface area contributed by atoms with Crippen LogP contribution in [0.2, 0.25) is 0 Å². The molecule has 1 aromatic heterocycles. The molecule has 0 saturated heterocycles. The minimum atomic E-state index is -0.103. The van der Waals surface area contributed by atoms with Crippen LogP contribution in [-0.2, 0) is 13.5 Å². The summed E-state index contributed by atoms with van der Waals surface area (Å²) in [5.74, 6) is 0. The van der Waals surface area contributed by atoms with Crippen molar-refractivity contribution in [1.82, 2.24) is 4.57 Å². The molecule has 5 nitrogen and oxygen atoms in total. The summed E-state index contributed by atoms with van der Waals surface area (Å²) in [5, 5.41) is 4.48. The number of benzene rings is 1. The van der Waals surface area contributed by atoms with E-state index in [1.807, 2.05) is 31.2 Å². The molecule has 17 heavy (non-hydrogen) atoms. The fraction of sp³-hybridized carbons (Fsp3) is 0.250.